The molecule has 1 aromatic carbocycles. The van der Waals surface area contributed by atoms with E-state index in [2.05, 4.69) is 25.7 Å². The Hall–Kier alpha value is -2.52. The van der Waals surface area contributed by atoms with Gasteiger partial charge in [-0.15, -0.1) is 10.2 Å². The van der Waals surface area contributed by atoms with E-state index < -0.39 is 5.91 Å². The van der Waals surface area contributed by atoms with Crippen molar-refractivity contribution in [1.82, 2.24) is 20.4 Å². The smallest absolute Gasteiger partial charge is 0.286 e. The van der Waals surface area contributed by atoms with Crippen LogP contribution in [0.2, 0.25) is 0 Å². The molecule has 2 N–H and O–H groups in total. The van der Waals surface area contributed by atoms with Crippen LogP contribution < -0.4 is 15.4 Å². The molecule has 26 heavy (non-hydrogen) atoms. The SMILES string of the molecule is COc1ccc(NC(=O)c2nnc(C(=O)NCCN3CCCC3)s2)cc1. The molecule has 2 heterocycles. The van der Waals surface area contributed by atoms with E-state index in [0.29, 0.717) is 18.0 Å². The number of benzene rings is 1. The number of nitrogens with zero attached hydrogens (tertiary/aromatic N) is 3. The number of ether oxygens (including phenoxy) is 1. The van der Waals surface area contributed by atoms with E-state index in [1.165, 1.54) is 12.8 Å². The lowest BCUT2D eigenvalue weighted by molar-refractivity contribution is 0.0947. The second-order valence-corrected chi connectivity index (χ2v) is 6.88. The highest BCUT2D eigenvalue weighted by Crippen LogP contribution is 2.17. The standard InChI is InChI=1S/C17H21N5O3S/c1-25-13-6-4-12(5-7-13)19-15(24)17-21-20-16(26-17)14(23)18-8-11-22-9-2-3-10-22/h4-7H,2-3,8-11H2,1H3,(H,18,23)(H,19,24). The van der Waals surface area contributed by atoms with Crippen LogP contribution in [0.4, 0.5) is 5.69 Å². The first-order valence-electron chi connectivity index (χ1n) is 8.45. The quantitative estimate of drug-likeness (QED) is 0.763. The zero-order chi connectivity index (χ0) is 18.4. The van der Waals surface area contributed by atoms with Gasteiger partial charge >= 0.3 is 0 Å². The summed E-state index contributed by atoms with van der Waals surface area (Å²) in [6.07, 6.45) is 2.44. The van der Waals surface area contributed by atoms with Crippen molar-refractivity contribution in [2.45, 2.75) is 12.8 Å². The minimum absolute atomic E-state index is 0.144. The highest BCUT2D eigenvalue weighted by atomic mass is 32.1. The lowest BCUT2D eigenvalue weighted by Gasteiger charge is -2.13. The van der Waals surface area contributed by atoms with Crippen LogP contribution in [-0.2, 0) is 0 Å². The molecule has 0 spiro atoms. The average Bonchev–Trinajstić information content (AvgIpc) is 3.34. The third-order valence-corrected chi connectivity index (χ3v) is 4.99. The van der Waals surface area contributed by atoms with Gasteiger partial charge in [0.15, 0.2) is 0 Å². The van der Waals surface area contributed by atoms with Gasteiger partial charge in [0.1, 0.15) is 5.75 Å². The number of nitrogens with one attached hydrogen (secondary N) is 2. The number of rotatable bonds is 7. The van der Waals surface area contributed by atoms with E-state index >= 15 is 0 Å². The van der Waals surface area contributed by atoms with Gasteiger partial charge in [-0.05, 0) is 50.2 Å². The number of carbonyl (C=O) groups excluding carboxylic acids is 2. The van der Waals surface area contributed by atoms with Gasteiger partial charge in [-0.1, -0.05) is 11.3 Å². The van der Waals surface area contributed by atoms with E-state index in [9.17, 15) is 9.59 Å². The van der Waals surface area contributed by atoms with Crippen LogP contribution in [0, 0.1) is 0 Å². The second-order valence-electron chi connectivity index (χ2n) is 5.90. The number of amides is 2. The molecule has 8 nitrogen and oxygen atoms in total. The largest absolute Gasteiger partial charge is 0.497 e. The normalized spacial score (nSPS) is 14.2. The molecule has 1 aromatic heterocycles. The van der Waals surface area contributed by atoms with Crippen molar-refractivity contribution in [1.29, 1.82) is 0 Å². The Labute approximate surface area is 155 Å². The highest BCUT2D eigenvalue weighted by Gasteiger charge is 2.18. The van der Waals surface area contributed by atoms with E-state index in [4.69, 9.17) is 4.74 Å². The summed E-state index contributed by atoms with van der Waals surface area (Å²) in [7, 11) is 1.58. The Balaban J connectivity index is 1.50. The number of anilines is 1. The van der Waals surface area contributed by atoms with Crippen molar-refractivity contribution < 1.29 is 14.3 Å². The Morgan fingerprint density at radius 2 is 1.77 bits per heavy atom. The Bertz CT molecular complexity index is 756. The van der Waals surface area contributed by atoms with Crippen molar-refractivity contribution in [2.75, 3.05) is 38.6 Å². The highest BCUT2D eigenvalue weighted by molar-refractivity contribution is 7.15. The van der Waals surface area contributed by atoms with Crippen LogP contribution in [0.3, 0.4) is 0 Å². The molecule has 1 aliphatic heterocycles. The summed E-state index contributed by atoms with van der Waals surface area (Å²) in [6.45, 7) is 3.57. The molecule has 0 unspecified atom stereocenters. The summed E-state index contributed by atoms with van der Waals surface area (Å²) in [5, 5.41) is 13.5. The van der Waals surface area contributed by atoms with Crippen molar-refractivity contribution in [3.8, 4) is 5.75 Å². The summed E-state index contributed by atoms with van der Waals surface area (Å²) in [5.41, 5.74) is 0.614. The van der Waals surface area contributed by atoms with Crippen molar-refractivity contribution in [2.24, 2.45) is 0 Å². The molecule has 0 saturated carbocycles. The summed E-state index contributed by atoms with van der Waals surface area (Å²) in [6, 6.07) is 6.94. The van der Waals surface area contributed by atoms with Crippen molar-refractivity contribution >= 4 is 28.8 Å². The fourth-order valence-electron chi connectivity index (χ4n) is 2.68. The molecule has 0 aliphatic carbocycles. The van der Waals surface area contributed by atoms with Crippen molar-refractivity contribution in [3.63, 3.8) is 0 Å². The first kappa shape index (κ1) is 18.3. The van der Waals surface area contributed by atoms with E-state index in [-0.39, 0.29) is 15.9 Å². The molecule has 2 aromatic rings. The first-order valence-corrected chi connectivity index (χ1v) is 9.27. The molecule has 2 amide bonds. The summed E-state index contributed by atoms with van der Waals surface area (Å²) >= 11 is 0.974. The fourth-order valence-corrected chi connectivity index (χ4v) is 3.33. The van der Waals surface area contributed by atoms with E-state index in [1.807, 2.05) is 0 Å². The predicted molar refractivity (Wildman–Crippen MR) is 98.9 cm³/mol. The lowest BCUT2D eigenvalue weighted by Crippen LogP contribution is -2.33. The maximum atomic E-state index is 12.2. The summed E-state index contributed by atoms with van der Waals surface area (Å²) < 4.78 is 5.07. The van der Waals surface area contributed by atoms with Gasteiger partial charge in [0.25, 0.3) is 11.8 Å². The van der Waals surface area contributed by atoms with Crippen LogP contribution in [0.25, 0.3) is 0 Å². The van der Waals surface area contributed by atoms with Crippen LogP contribution in [0.15, 0.2) is 24.3 Å². The van der Waals surface area contributed by atoms with Gasteiger partial charge in [-0.2, -0.15) is 0 Å². The number of hydrogen-bond donors (Lipinski definition) is 2. The average molecular weight is 375 g/mol. The molecule has 0 bridgehead atoms. The molecule has 3 rings (SSSR count). The van der Waals surface area contributed by atoms with Gasteiger partial charge in [0.05, 0.1) is 7.11 Å². The molecule has 138 valence electrons. The number of hydrogen-bond acceptors (Lipinski definition) is 7. The fraction of sp³-hybridized carbons (Fsp3) is 0.412. The minimum atomic E-state index is -0.399. The molecule has 9 heteroatoms. The third-order valence-electron chi connectivity index (χ3n) is 4.07. The third kappa shape index (κ3) is 4.77. The molecule has 1 saturated heterocycles. The van der Waals surface area contributed by atoms with Crippen molar-refractivity contribution in [3.05, 3.63) is 34.3 Å². The van der Waals surface area contributed by atoms with Crippen LogP contribution in [0.5, 0.6) is 5.75 Å². The Morgan fingerprint density at radius 3 is 2.42 bits per heavy atom. The maximum absolute atomic E-state index is 12.2. The summed E-state index contributed by atoms with van der Waals surface area (Å²) in [5.74, 6) is 0.000722. The topological polar surface area (TPSA) is 96.5 Å². The van der Waals surface area contributed by atoms with Crippen LogP contribution in [-0.4, -0.2) is 60.2 Å². The molecular formula is C17H21N5O3S. The van der Waals surface area contributed by atoms with Gasteiger partial charge < -0.3 is 20.3 Å². The van der Waals surface area contributed by atoms with E-state index in [0.717, 1.165) is 31.0 Å². The molecule has 0 atom stereocenters. The van der Waals surface area contributed by atoms with Crippen LogP contribution in [0.1, 0.15) is 32.4 Å². The van der Waals surface area contributed by atoms with Crippen LogP contribution >= 0.6 is 11.3 Å². The molecule has 1 fully saturated rings. The molecule has 1 aliphatic rings. The van der Waals surface area contributed by atoms with Gasteiger partial charge in [0, 0.05) is 18.8 Å². The monoisotopic (exact) mass is 375 g/mol. The molecule has 0 radical (unpaired) electrons. The lowest BCUT2D eigenvalue weighted by atomic mass is 10.3. The first-order chi connectivity index (χ1) is 12.7. The van der Waals surface area contributed by atoms with Gasteiger partial charge in [-0.3, -0.25) is 9.59 Å². The number of aromatic nitrogens is 2. The maximum Gasteiger partial charge on any atom is 0.286 e. The Morgan fingerprint density at radius 1 is 1.12 bits per heavy atom. The Kier molecular flexibility index (Phi) is 6.13. The number of likely N-dealkylation sites (tertiary alicyclic amines) is 1. The summed E-state index contributed by atoms with van der Waals surface area (Å²) in [4.78, 5) is 26.6. The molecular weight excluding hydrogens is 354 g/mol. The number of carbonyl (C=O) groups is 2. The zero-order valence-corrected chi connectivity index (χ0v) is 15.3. The van der Waals surface area contributed by atoms with Gasteiger partial charge in [-0.25, -0.2) is 0 Å². The zero-order valence-electron chi connectivity index (χ0n) is 14.5. The second kappa shape index (κ2) is 8.72. The minimum Gasteiger partial charge on any atom is -0.497 e. The van der Waals surface area contributed by atoms with E-state index in [1.54, 1.807) is 31.4 Å². The number of methoxy groups -OCH3 is 1. The van der Waals surface area contributed by atoms with Gasteiger partial charge in [0.2, 0.25) is 10.0 Å². The predicted octanol–water partition coefficient (Wildman–Crippen LogP) is 1.62.